The summed E-state index contributed by atoms with van der Waals surface area (Å²) in [6.45, 7) is 31.4. The number of carbonyl (C=O) groups is 6. The summed E-state index contributed by atoms with van der Waals surface area (Å²) < 4.78 is 31.7. The molecule has 1 aliphatic rings. The van der Waals surface area contributed by atoms with E-state index < -0.39 is 59.3 Å². The van der Waals surface area contributed by atoms with Crippen LogP contribution >= 0.6 is 0 Å². The van der Waals surface area contributed by atoms with Gasteiger partial charge in [-0.2, -0.15) is 0 Å². The quantitative estimate of drug-likeness (QED) is 0.0343. The summed E-state index contributed by atoms with van der Waals surface area (Å²) in [4.78, 5) is 72.6. The van der Waals surface area contributed by atoms with E-state index in [-0.39, 0.29) is 60.2 Å². The molecule has 4 N–H and O–H groups in total. The predicted octanol–water partition coefficient (Wildman–Crippen LogP) is 6.82. The lowest BCUT2D eigenvalue weighted by atomic mass is 9.51. The van der Waals surface area contributed by atoms with E-state index in [0.29, 0.717) is 39.0 Å². The minimum Gasteiger partial charge on any atom is -0.459 e. The summed E-state index contributed by atoms with van der Waals surface area (Å²) in [5, 5.41) is 11.2. The standard InChI is InChI=1S/C42H72N4O12/c1-27(2)31(47)53-19-21-55-35(49)43-17-15-29(5)23-39(7,8)25-45-37(51)57-33-41(11,12)34(42(33,13)14)58-38(52)46-26-40(9,10)24-30(6)16-18-44-36(50)56-22-20-54-32(48)28(3)4/h29-30,33-34H,1,3,15-26H2,2,4-14H3,(H,43,49)(H,44,50)(H,45,51)(H,46,52). The number of amides is 4. The van der Waals surface area contributed by atoms with Crippen LogP contribution in [0.15, 0.2) is 24.3 Å². The molecule has 1 saturated carbocycles. The minimum atomic E-state index is -0.640. The van der Waals surface area contributed by atoms with Crippen molar-refractivity contribution in [2.75, 3.05) is 52.6 Å². The Morgan fingerprint density at radius 2 is 0.862 bits per heavy atom. The van der Waals surface area contributed by atoms with Crippen molar-refractivity contribution in [1.29, 1.82) is 0 Å². The first-order valence-corrected chi connectivity index (χ1v) is 20.1. The summed E-state index contributed by atoms with van der Waals surface area (Å²) in [5.41, 5.74) is -1.26. The molecule has 1 fully saturated rings. The molecule has 2 atom stereocenters. The molecule has 2 unspecified atom stereocenters. The molecule has 0 bridgehead atoms. The van der Waals surface area contributed by atoms with Gasteiger partial charge in [-0.15, -0.1) is 0 Å². The molecule has 4 amide bonds. The molecule has 0 saturated heterocycles. The molecule has 0 aromatic rings. The van der Waals surface area contributed by atoms with Crippen molar-refractivity contribution in [1.82, 2.24) is 21.3 Å². The zero-order chi connectivity index (χ0) is 44.5. The van der Waals surface area contributed by atoms with Crippen LogP contribution in [0.1, 0.15) is 109 Å². The van der Waals surface area contributed by atoms with Crippen molar-refractivity contribution in [2.24, 2.45) is 33.5 Å². The van der Waals surface area contributed by atoms with Gasteiger partial charge < -0.3 is 49.7 Å². The number of ether oxygens (including phenoxy) is 6. The summed E-state index contributed by atoms with van der Waals surface area (Å²) in [5.74, 6) is -0.617. The monoisotopic (exact) mass is 825 g/mol. The zero-order valence-electron chi connectivity index (χ0n) is 37.1. The third kappa shape index (κ3) is 18.8. The molecule has 0 radical (unpaired) electrons. The van der Waals surface area contributed by atoms with Crippen molar-refractivity contribution in [3.8, 4) is 0 Å². The highest BCUT2D eigenvalue weighted by Gasteiger charge is 2.66. The number of hydrogen-bond acceptors (Lipinski definition) is 12. The Balaban J connectivity index is 2.43. The smallest absolute Gasteiger partial charge is 0.407 e. The van der Waals surface area contributed by atoms with Gasteiger partial charge in [0.2, 0.25) is 0 Å². The van der Waals surface area contributed by atoms with E-state index in [9.17, 15) is 28.8 Å². The van der Waals surface area contributed by atoms with Crippen molar-refractivity contribution < 1.29 is 57.2 Å². The molecule has 0 aliphatic heterocycles. The SMILES string of the molecule is C=C(C)C(=O)OCCOC(=O)NCCC(C)CC(C)(C)CNC(=O)OC1C(C)(C)C(OC(=O)NCC(C)(C)CC(C)CCNC(=O)OCCOC(=O)C(=C)C)C1(C)C. The van der Waals surface area contributed by atoms with Crippen LogP contribution in [-0.4, -0.2) is 101 Å². The van der Waals surface area contributed by atoms with E-state index in [1.807, 2.05) is 55.4 Å². The lowest BCUT2D eigenvalue weighted by Crippen LogP contribution is -2.70. The van der Waals surface area contributed by atoms with Crippen LogP contribution in [0, 0.1) is 33.5 Å². The third-order valence-electron chi connectivity index (χ3n) is 9.99. The maximum absolute atomic E-state index is 13.0. The predicted molar refractivity (Wildman–Crippen MR) is 219 cm³/mol. The fourth-order valence-electron chi connectivity index (χ4n) is 7.59. The van der Waals surface area contributed by atoms with Crippen molar-refractivity contribution >= 4 is 36.3 Å². The third-order valence-corrected chi connectivity index (χ3v) is 9.99. The number of nitrogens with one attached hydrogen (secondary N) is 4. The average Bonchev–Trinajstić information content (AvgIpc) is 3.10. The highest BCUT2D eigenvalue weighted by Crippen LogP contribution is 2.57. The zero-order valence-corrected chi connectivity index (χ0v) is 37.1. The van der Waals surface area contributed by atoms with Crippen LogP contribution in [0.3, 0.4) is 0 Å². The summed E-state index contributed by atoms with van der Waals surface area (Å²) in [6, 6.07) is 0. The van der Waals surface area contributed by atoms with Gasteiger partial charge in [0, 0.05) is 48.2 Å². The second kappa shape index (κ2) is 23.2. The molecule has 0 aromatic heterocycles. The maximum Gasteiger partial charge on any atom is 0.407 e. The van der Waals surface area contributed by atoms with Crippen LogP contribution in [-0.2, 0) is 38.0 Å². The van der Waals surface area contributed by atoms with Gasteiger partial charge in [0.15, 0.2) is 0 Å². The van der Waals surface area contributed by atoms with Crippen LogP contribution in [0.2, 0.25) is 0 Å². The van der Waals surface area contributed by atoms with Crippen molar-refractivity contribution in [3.05, 3.63) is 24.3 Å². The fourth-order valence-corrected chi connectivity index (χ4v) is 7.59. The second-order valence-electron chi connectivity index (χ2n) is 18.4. The van der Waals surface area contributed by atoms with Crippen LogP contribution in [0.5, 0.6) is 0 Å². The minimum absolute atomic E-state index is 0.0484. The van der Waals surface area contributed by atoms with Gasteiger partial charge in [-0.3, -0.25) is 0 Å². The molecule has 0 heterocycles. The molecule has 16 heteroatoms. The van der Waals surface area contributed by atoms with Crippen molar-refractivity contribution in [2.45, 2.75) is 121 Å². The topological polar surface area (TPSA) is 206 Å². The molecule has 0 spiro atoms. The summed E-state index contributed by atoms with van der Waals surface area (Å²) in [7, 11) is 0. The first-order chi connectivity index (χ1) is 26.7. The summed E-state index contributed by atoms with van der Waals surface area (Å²) >= 11 is 0. The Bertz CT molecular complexity index is 1320. The normalized spacial score (nSPS) is 17.8. The van der Waals surface area contributed by atoms with Gasteiger partial charge in [-0.25, -0.2) is 28.8 Å². The number of esters is 2. The second-order valence-corrected chi connectivity index (χ2v) is 18.4. The van der Waals surface area contributed by atoms with Gasteiger partial charge in [-0.05, 0) is 62.2 Å². The molecule has 1 aliphatic carbocycles. The van der Waals surface area contributed by atoms with Gasteiger partial charge in [0.05, 0.1) is 0 Å². The van der Waals surface area contributed by atoms with Crippen LogP contribution in [0.4, 0.5) is 19.2 Å². The highest BCUT2D eigenvalue weighted by molar-refractivity contribution is 5.87. The van der Waals surface area contributed by atoms with Gasteiger partial charge >= 0.3 is 36.3 Å². The van der Waals surface area contributed by atoms with Gasteiger partial charge in [0.1, 0.15) is 38.6 Å². The van der Waals surface area contributed by atoms with E-state index in [1.165, 1.54) is 13.8 Å². The maximum atomic E-state index is 13.0. The van der Waals surface area contributed by atoms with Crippen molar-refractivity contribution in [3.63, 3.8) is 0 Å². The van der Waals surface area contributed by atoms with Gasteiger partial charge in [0.25, 0.3) is 0 Å². The molecule has 58 heavy (non-hydrogen) atoms. The Labute approximate surface area is 345 Å². The van der Waals surface area contributed by atoms with E-state index in [1.54, 1.807) is 0 Å². The highest BCUT2D eigenvalue weighted by atomic mass is 16.6. The van der Waals surface area contributed by atoms with E-state index >= 15 is 0 Å². The molecule has 16 nitrogen and oxygen atoms in total. The Kier molecular flexibility index (Phi) is 20.6. The Morgan fingerprint density at radius 1 is 0.552 bits per heavy atom. The first-order valence-electron chi connectivity index (χ1n) is 20.1. The number of hydrogen-bond donors (Lipinski definition) is 4. The van der Waals surface area contributed by atoms with Crippen LogP contribution in [0.25, 0.3) is 0 Å². The van der Waals surface area contributed by atoms with Crippen LogP contribution < -0.4 is 21.3 Å². The van der Waals surface area contributed by atoms with Gasteiger partial charge in [-0.1, -0.05) is 82.4 Å². The Hall–Kier alpha value is -4.50. The molecule has 0 aromatic carbocycles. The lowest BCUT2D eigenvalue weighted by molar-refractivity contribution is -0.244. The van der Waals surface area contributed by atoms with E-state index in [0.717, 1.165) is 12.8 Å². The number of rotatable bonds is 24. The molecular formula is C42H72N4O12. The largest absolute Gasteiger partial charge is 0.459 e. The van der Waals surface area contributed by atoms with E-state index in [4.69, 9.17) is 28.4 Å². The molecule has 332 valence electrons. The summed E-state index contributed by atoms with van der Waals surface area (Å²) in [6.07, 6.45) is -0.349. The lowest BCUT2D eigenvalue weighted by Gasteiger charge is -2.61. The first kappa shape index (κ1) is 51.5. The molecule has 1 rings (SSSR count). The number of carbonyl (C=O) groups excluding carboxylic acids is 6. The van der Waals surface area contributed by atoms with E-state index in [2.05, 4.69) is 48.3 Å². The number of alkyl carbamates (subject to hydrolysis) is 4. The Morgan fingerprint density at radius 3 is 1.17 bits per heavy atom. The molecular weight excluding hydrogens is 752 g/mol. The average molecular weight is 825 g/mol. The fraction of sp³-hybridized carbons (Fsp3) is 0.762.